The summed E-state index contributed by atoms with van der Waals surface area (Å²) in [5.41, 5.74) is 1.19. The van der Waals surface area contributed by atoms with Gasteiger partial charge in [0.15, 0.2) is 0 Å². The van der Waals surface area contributed by atoms with Crippen LogP contribution in [-0.4, -0.2) is 27.4 Å². The van der Waals surface area contributed by atoms with Crippen molar-refractivity contribution in [2.75, 3.05) is 12.4 Å². The molecule has 1 aromatic heterocycles. The lowest BCUT2D eigenvalue weighted by Crippen LogP contribution is -2.19. The first kappa shape index (κ1) is 14.3. The summed E-state index contributed by atoms with van der Waals surface area (Å²) in [5.74, 6) is 3.15. The van der Waals surface area contributed by atoms with Gasteiger partial charge >= 0.3 is 0 Å². The Morgan fingerprint density at radius 3 is 2.71 bits per heavy atom. The zero-order valence-electron chi connectivity index (χ0n) is 10.6. The maximum atomic E-state index is 11.7. The van der Waals surface area contributed by atoms with Crippen molar-refractivity contribution in [3.8, 4) is 0 Å². The van der Waals surface area contributed by atoms with Crippen molar-refractivity contribution in [2.45, 2.75) is 32.9 Å². The summed E-state index contributed by atoms with van der Waals surface area (Å²) >= 11 is 1.77. The molecule has 1 rings (SSSR count). The second kappa shape index (κ2) is 6.81. The summed E-state index contributed by atoms with van der Waals surface area (Å²) in [6.07, 6.45) is 0.369. The minimum atomic E-state index is -0.119. The quantitative estimate of drug-likeness (QED) is 0.809. The van der Waals surface area contributed by atoms with E-state index < -0.39 is 0 Å². The molecule has 0 aliphatic rings. The van der Waals surface area contributed by atoms with Gasteiger partial charge in [0.1, 0.15) is 5.82 Å². The smallest absolute Gasteiger partial charge is 0.254 e. The minimum Gasteiger partial charge on any atom is -0.396 e. The van der Waals surface area contributed by atoms with Crippen LogP contribution in [-0.2, 0) is 12.2 Å². The lowest BCUT2D eigenvalue weighted by molar-refractivity contribution is 0.298. The average molecular weight is 256 g/mol. The number of aromatic nitrogens is 2. The van der Waals surface area contributed by atoms with Crippen molar-refractivity contribution in [1.29, 1.82) is 0 Å². The van der Waals surface area contributed by atoms with E-state index in [2.05, 4.69) is 23.8 Å². The van der Waals surface area contributed by atoms with Gasteiger partial charge in [0.2, 0.25) is 0 Å². The molecule has 0 saturated carbocycles. The fraction of sp³-hybridized carbons (Fsp3) is 0.667. The maximum absolute atomic E-state index is 11.7. The highest BCUT2D eigenvalue weighted by Gasteiger charge is 2.07. The van der Waals surface area contributed by atoms with Gasteiger partial charge in [0.05, 0.1) is 5.75 Å². The topological polar surface area (TPSA) is 66.0 Å². The number of aliphatic hydroxyl groups excluding tert-OH is 1. The molecule has 0 unspecified atom stereocenters. The van der Waals surface area contributed by atoms with Gasteiger partial charge in [-0.2, -0.15) is 11.8 Å². The van der Waals surface area contributed by atoms with Crippen molar-refractivity contribution < 1.29 is 5.11 Å². The van der Waals surface area contributed by atoms with Gasteiger partial charge in [-0.05, 0) is 18.6 Å². The van der Waals surface area contributed by atoms with E-state index in [1.54, 1.807) is 11.8 Å². The van der Waals surface area contributed by atoms with Gasteiger partial charge in [-0.3, -0.25) is 4.79 Å². The van der Waals surface area contributed by atoms with E-state index >= 15 is 0 Å². The van der Waals surface area contributed by atoms with Crippen LogP contribution in [0.3, 0.4) is 0 Å². The molecule has 2 N–H and O–H groups in total. The van der Waals surface area contributed by atoms with Gasteiger partial charge in [-0.1, -0.05) is 13.8 Å². The zero-order valence-corrected chi connectivity index (χ0v) is 11.4. The summed E-state index contributed by atoms with van der Waals surface area (Å²) in [4.78, 5) is 18.9. The highest BCUT2D eigenvalue weighted by molar-refractivity contribution is 7.98. The molecule has 0 amide bonds. The first-order valence-corrected chi connectivity index (χ1v) is 6.97. The third-order valence-electron chi connectivity index (χ3n) is 2.32. The SMILES string of the molecule is Cc1nc(CSCC(C)C)[nH]c(=O)c1CCO. The van der Waals surface area contributed by atoms with Crippen molar-refractivity contribution in [3.05, 3.63) is 27.4 Å². The molecule has 17 heavy (non-hydrogen) atoms. The number of rotatable bonds is 6. The predicted molar refractivity (Wildman–Crippen MR) is 71.4 cm³/mol. The van der Waals surface area contributed by atoms with E-state index in [0.717, 1.165) is 23.0 Å². The van der Waals surface area contributed by atoms with Crippen molar-refractivity contribution >= 4 is 11.8 Å². The Kier molecular flexibility index (Phi) is 5.71. The first-order chi connectivity index (χ1) is 8.04. The summed E-state index contributed by atoms with van der Waals surface area (Å²) < 4.78 is 0. The van der Waals surface area contributed by atoms with Crippen LogP contribution in [0.25, 0.3) is 0 Å². The number of H-pyrrole nitrogens is 1. The average Bonchev–Trinajstić information content (AvgIpc) is 2.23. The number of aromatic amines is 1. The molecule has 0 bridgehead atoms. The Hall–Kier alpha value is -0.810. The Bertz CT molecular complexity index is 415. The number of hydrogen-bond donors (Lipinski definition) is 2. The largest absolute Gasteiger partial charge is 0.396 e. The van der Waals surface area contributed by atoms with E-state index in [4.69, 9.17) is 5.11 Å². The molecule has 5 heteroatoms. The van der Waals surface area contributed by atoms with Gasteiger partial charge in [0, 0.05) is 24.3 Å². The number of thioether (sulfide) groups is 1. The van der Waals surface area contributed by atoms with Crippen LogP contribution >= 0.6 is 11.8 Å². The number of aliphatic hydroxyl groups is 1. The van der Waals surface area contributed by atoms with E-state index in [0.29, 0.717) is 17.9 Å². The molecule has 4 nitrogen and oxygen atoms in total. The van der Waals surface area contributed by atoms with Crippen molar-refractivity contribution in [3.63, 3.8) is 0 Å². The number of nitrogens with zero attached hydrogens (tertiary/aromatic N) is 1. The van der Waals surface area contributed by atoms with Gasteiger partial charge in [-0.25, -0.2) is 4.98 Å². The molecule has 1 aromatic rings. The van der Waals surface area contributed by atoms with E-state index in [9.17, 15) is 4.79 Å². The highest BCUT2D eigenvalue weighted by Crippen LogP contribution is 2.12. The molecule has 0 radical (unpaired) electrons. The van der Waals surface area contributed by atoms with Crippen molar-refractivity contribution in [2.24, 2.45) is 5.92 Å². The Morgan fingerprint density at radius 1 is 1.47 bits per heavy atom. The number of hydrogen-bond acceptors (Lipinski definition) is 4. The first-order valence-electron chi connectivity index (χ1n) is 5.81. The fourth-order valence-electron chi connectivity index (χ4n) is 1.53. The minimum absolute atomic E-state index is 0.0208. The van der Waals surface area contributed by atoms with Crippen molar-refractivity contribution in [1.82, 2.24) is 9.97 Å². The van der Waals surface area contributed by atoms with Crippen LogP contribution in [0.2, 0.25) is 0 Å². The second-order valence-electron chi connectivity index (χ2n) is 4.46. The van der Waals surface area contributed by atoms with E-state index in [-0.39, 0.29) is 12.2 Å². The summed E-state index contributed by atoms with van der Waals surface area (Å²) in [5, 5.41) is 8.86. The Morgan fingerprint density at radius 2 is 2.18 bits per heavy atom. The predicted octanol–water partition coefficient (Wildman–Crippen LogP) is 1.50. The molecule has 0 aliphatic carbocycles. The van der Waals surface area contributed by atoms with E-state index in [1.165, 1.54) is 0 Å². The van der Waals surface area contributed by atoms with Gasteiger partial charge < -0.3 is 10.1 Å². The second-order valence-corrected chi connectivity index (χ2v) is 5.49. The summed E-state index contributed by atoms with van der Waals surface area (Å²) in [6, 6.07) is 0. The number of aryl methyl sites for hydroxylation is 1. The van der Waals surface area contributed by atoms with Crippen LogP contribution in [0.4, 0.5) is 0 Å². The molecule has 0 spiro atoms. The van der Waals surface area contributed by atoms with Crippen LogP contribution in [0.1, 0.15) is 30.9 Å². The molecular weight excluding hydrogens is 236 g/mol. The standard InChI is InChI=1S/C12H20N2O2S/c1-8(2)6-17-7-11-13-9(3)10(4-5-15)12(16)14-11/h8,15H,4-7H2,1-3H3,(H,13,14,16). The third-order valence-corrected chi connectivity index (χ3v) is 3.70. The van der Waals surface area contributed by atoms with Crippen LogP contribution < -0.4 is 5.56 Å². The molecule has 1 heterocycles. The molecule has 0 aliphatic heterocycles. The Labute approximate surface area is 106 Å². The molecule has 0 saturated heterocycles. The summed E-state index contributed by atoms with van der Waals surface area (Å²) in [6.45, 7) is 6.13. The molecule has 0 aromatic carbocycles. The molecule has 0 fully saturated rings. The van der Waals surface area contributed by atoms with Gasteiger partial charge in [-0.15, -0.1) is 0 Å². The lowest BCUT2D eigenvalue weighted by Gasteiger charge is -2.07. The van der Waals surface area contributed by atoms with Crippen LogP contribution in [0.5, 0.6) is 0 Å². The monoisotopic (exact) mass is 256 g/mol. The molecule has 96 valence electrons. The van der Waals surface area contributed by atoms with Crippen LogP contribution in [0.15, 0.2) is 4.79 Å². The highest BCUT2D eigenvalue weighted by atomic mass is 32.2. The van der Waals surface area contributed by atoms with Crippen LogP contribution in [0, 0.1) is 12.8 Å². The third kappa shape index (κ3) is 4.52. The van der Waals surface area contributed by atoms with Gasteiger partial charge in [0.25, 0.3) is 5.56 Å². The van der Waals surface area contributed by atoms with E-state index in [1.807, 2.05) is 6.92 Å². The number of nitrogens with one attached hydrogen (secondary N) is 1. The maximum Gasteiger partial charge on any atom is 0.254 e. The zero-order chi connectivity index (χ0) is 12.8. The molecule has 0 atom stereocenters. The summed E-state index contributed by atoms with van der Waals surface area (Å²) in [7, 11) is 0. The lowest BCUT2D eigenvalue weighted by atomic mass is 10.2. The Balaban J connectivity index is 2.73. The fourth-order valence-corrected chi connectivity index (χ4v) is 2.45. The normalized spacial score (nSPS) is 11.1. The molecular formula is C12H20N2O2S.